The van der Waals surface area contributed by atoms with Crippen LogP contribution in [0.25, 0.3) is 0 Å². The number of benzene rings is 1. The molecule has 82 valence electrons. The first-order valence-electron chi connectivity index (χ1n) is 4.17. The third-order valence-corrected chi connectivity index (χ3v) is 1.88. The third kappa shape index (κ3) is 2.65. The summed E-state index contributed by atoms with van der Waals surface area (Å²) in [5.74, 6) is -2.29. The predicted octanol–water partition coefficient (Wildman–Crippen LogP) is 1.69. The average molecular weight is 216 g/mol. The minimum absolute atomic E-state index is 0.0418. The van der Waals surface area contributed by atoms with Crippen LogP contribution < -0.4 is 4.74 Å². The summed E-state index contributed by atoms with van der Waals surface area (Å²) in [6.45, 7) is 0. The van der Waals surface area contributed by atoms with Crippen molar-refractivity contribution in [3.63, 3.8) is 0 Å². The van der Waals surface area contributed by atoms with Crippen molar-refractivity contribution >= 4 is 5.97 Å². The molecule has 0 heterocycles. The number of hydrogen-bond acceptors (Lipinski definition) is 3. The first-order valence-corrected chi connectivity index (χ1v) is 4.17. The lowest BCUT2D eigenvalue weighted by Gasteiger charge is -2.06. The van der Waals surface area contributed by atoms with Gasteiger partial charge in [0.2, 0.25) is 0 Å². The highest BCUT2D eigenvalue weighted by Gasteiger charge is 2.13. The normalized spacial score (nSPS) is 9.87. The van der Waals surface area contributed by atoms with Crippen molar-refractivity contribution in [1.82, 2.24) is 0 Å². The second kappa shape index (κ2) is 4.72. The lowest BCUT2D eigenvalue weighted by molar-refractivity contribution is -0.139. The molecule has 0 fully saturated rings. The lowest BCUT2D eigenvalue weighted by atomic mass is 10.1. The Labute approximate surface area is 85.6 Å². The highest BCUT2D eigenvalue weighted by atomic mass is 19.1. The maximum absolute atomic E-state index is 13.2. The molecule has 0 aliphatic heterocycles. The summed E-state index contributed by atoms with van der Waals surface area (Å²) in [5, 5.41) is 0. The van der Waals surface area contributed by atoms with Gasteiger partial charge in [0.1, 0.15) is 5.82 Å². The number of methoxy groups -OCH3 is 2. The summed E-state index contributed by atoms with van der Waals surface area (Å²) in [5.41, 5.74) is 0.0418. The SMILES string of the molecule is COC(=O)Cc1cc(OC)c(F)cc1F. The van der Waals surface area contributed by atoms with Gasteiger partial charge in [-0.2, -0.15) is 0 Å². The Morgan fingerprint density at radius 2 is 1.93 bits per heavy atom. The highest BCUT2D eigenvalue weighted by Crippen LogP contribution is 2.21. The second-order valence-corrected chi connectivity index (χ2v) is 2.83. The van der Waals surface area contributed by atoms with Gasteiger partial charge in [0.15, 0.2) is 11.6 Å². The largest absolute Gasteiger partial charge is 0.494 e. The van der Waals surface area contributed by atoms with E-state index >= 15 is 0 Å². The van der Waals surface area contributed by atoms with Gasteiger partial charge in [-0.05, 0) is 6.07 Å². The van der Waals surface area contributed by atoms with Crippen LogP contribution in [0.15, 0.2) is 12.1 Å². The molecule has 1 aromatic carbocycles. The topological polar surface area (TPSA) is 35.5 Å². The van der Waals surface area contributed by atoms with Gasteiger partial charge in [0.25, 0.3) is 0 Å². The molecule has 0 N–H and O–H groups in total. The van der Waals surface area contributed by atoms with Gasteiger partial charge in [-0.15, -0.1) is 0 Å². The molecular formula is C10H10F2O3. The number of ether oxygens (including phenoxy) is 2. The van der Waals surface area contributed by atoms with Crippen LogP contribution in [-0.2, 0) is 16.0 Å². The predicted molar refractivity (Wildman–Crippen MR) is 48.6 cm³/mol. The van der Waals surface area contributed by atoms with Gasteiger partial charge in [0, 0.05) is 11.6 Å². The van der Waals surface area contributed by atoms with Gasteiger partial charge in [-0.25, -0.2) is 8.78 Å². The summed E-state index contributed by atoms with van der Waals surface area (Å²) >= 11 is 0. The number of rotatable bonds is 3. The van der Waals surface area contributed by atoms with E-state index < -0.39 is 17.6 Å². The molecule has 0 saturated carbocycles. The molecule has 5 heteroatoms. The molecule has 1 rings (SSSR count). The molecule has 1 aromatic rings. The molecule has 0 aliphatic rings. The van der Waals surface area contributed by atoms with Crippen LogP contribution in [0.2, 0.25) is 0 Å². The minimum Gasteiger partial charge on any atom is -0.494 e. The van der Waals surface area contributed by atoms with E-state index in [0.29, 0.717) is 6.07 Å². The first kappa shape index (κ1) is 11.4. The van der Waals surface area contributed by atoms with Crippen molar-refractivity contribution in [2.45, 2.75) is 6.42 Å². The highest BCUT2D eigenvalue weighted by molar-refractivity contribution is 5.72. The Hall–Kier alpha value is -1.65. The monoisotopic (exact) mass is 216 g/mol. The van der Waals surface area contributed by atoms with E-state index in [0.717, 1.165) is 6.07 Å². The van der Waals surface area contributed by atoms with Crippen LogP contribution in [0.4, 0.5) is 8.78 Å². The summed E-state index contributed by atoms with van der Waals surface area (Å²) in [6.07, 6.45) is -0.251. The van der Waals surface area contributed by atoms with Crippen LogP contribution in [0.3, 0.4) is 0 Å². The summed E-state index contributed by atoms with van der Waals surface area (Å²) in [7, 11) is 2.46. The van der Waals surface area contributed by atoms with Crippen LogP contribution >= 0.6 is 0 Å². The molecule has 0 atom stereocenters. The van der Waals surface area contributed by atoms with Crippen molar-refractivity contribution in [2.24, 2.45) is 0 Å². The van der Waals surface area contributed by atoms with Gasteiger partial charge in [0.05, 0.1) is 20.6 Å². The zero-order valence-corrected chi connectivity index (χ0v) is 8.34. The molecule has 0 aromatic heterocycles. The second-order valence-electron chi connectivity index (χ2n) is 2.83. The van der Waals surface area contributed by atoms with E-state index in [-0.39, 0.29) is 17.7 Å². The zero-order valence-electron chi connectivity index (χ0n) is 8.34. The molecule has 0 spiro atoms. The van der Waals surface area contributed by atoms with Crippen molar-refractivity contribution < 1.29 is 23.0 Å². The van der Waals surface area contributed by atoms with E-state index in [4.69, 9.17) is 0 Å². The molecule has 0 aliphatic carbocycles. The summed E-state index contributed by atoms with van der Waals surface area (Å²) < 4.78 is 35.2. The quantitative estimate of drug-likeness (QED) is 0.721. The molecule has 3 nitrogen and oxygen atoms in total. The standard InChI is InChI=1S/C10H10F2O3/c1-14-9-3-6(4-10(13)15-2)7(11)5-8(9)12/h3,5H,4H2,1-2H3. The fourth-order valence-corrected chi connectivity index (χ4v) is 1.09. The van der Waals surface area contributed by atoms with Gasteiger partial charge in [-0.1, -0.05) is 0 Å². The van der Waals surface area contributed by atoms with Crippen LogP contribution in [0.1, 0.15) is 5.56 Å². The average Bonchev–Trinajstić information content (AvgIpc) is 2.21. The van der Waals surface area contributed by atoms with Crippen molar-refractivity contribution in [3.8, 4) is 5.75 Å². The van der Waals surface area contributed by atoms with E-state index in [1.807, 2.05) is 0 Å². The first-order chi connectivity index (χ1) is 7.08. The fourth-order valence-electron chi connectivity index (χ4n) is 1.09. The number of carbonyl (C=O) groups excluding carboxylic acids is 1. The summed E-state index contributed by atoms with van der Waals surface area (Å²) in [4.78, 5) is 10.9. The summed E-state index contributed by atoms with van der Waals surface area (Å²) in [6, 6.07) is 1.82. The number of esters is 1. The van der Waals surface area contributed by atoms with Crippen molar-refractivity contribution in [2.75, 3.05) is 14.2 Å². The molecule has 0 radical (unpaired) electrons. The Bertz CT molecular complexity index is 377. The number of carbonyl (C=O) groups is 1. The van der Waals surface area contributed by atoms with Crippen molar-refractivity contribution in [3.05, 3.63) is 29.3 Å². The van der Waals surface area contributed by atoms with E-state index in [1.54, 1.807) is 0 Å². The third-order valence-electron chi connectivity index (χ3n) is 1.88. The molecule has 0 amide bonds. The van der Waals surface area contributed by atoms with Gasteiger partial charge < -0.3 is 9.47 Å². The Kier molecular flexibility index (Phi) is 3.60. The van der Waals surface area contributed by atoms with Crippen molar-refractivity contribution in [1.29, 1.82) is 0 Å². The number of halogens is 2. The minimum atomic E-state index is -0.802. The Morgan fingerprint density at radius 3 is 2.47 bits per heavy atom. The van der Waals surface area contributed by atoms with Gasteiger partial charge in [-0.3, -0.25) is 4.79 Å². The van der Waals surface area contributed by atoms with Crippen LogP contribution in [0, 0.1) is 11.6 Å². The van der Waals surface area contributed by atoms with E-state index in [1.165, 1.54) is 14.2 Å². The maximum atomic E-state index is 13.2. The van der Waals surface area contributed by atoms with Crippen LogP contribution in [0.5, 0.6) is 5.75 Å². The maximum Gasteiger partial charge on any atom is 0.310 e. The fraction of sp³-hybridized carbons (Fsp3) is 0.300. The van der Waals surface area contributed by atoms with E-state index in [2.05, 4.69) is 9.47 Å². The van der Waals surface area contributed by atoms with E-state index in [9.17, 15) is 13.6 Å². The Balaban J connectivity index is 3.02. The molecule has 0 bridgehead atoms. The Morgan fingerprint density at radius 1 is 1.27 bits per heavy atom. The number of hydrogen-bond donors (Lipinski definition) is 0. The molecule has 0 unspecified atom stereocenters. The van der Waals surface area contributed by atoms with Crippen LogP contribution in [-0.4, -0.2) is 20.2 Å². The lowest BCUT2D eigenvalue weighted by Crippen LogP contribution is -2.07. The molecular weight excluding hydrogens is 206 g/mol. The molecule has 0 saturated heterocycles. The van der Waals surface area contributed by atoms with Gasteiger partial charge >= 0.3 is 5.97 Å². The zero-order chi connectivity index (χ0) is 11.4. The smallest absolute Gasteiger partial charge is 0.310 e. The molecule has 15 heavy (non-hydrogen) atoms.